The fourth-order valence-electron chi connectivity index (χ4n) is 2.15. The lowest BCUT2D eigenvalue weighted by molar-refractivity contribution is 0.0949. The number of carbonyl (C=O) groups excluding carboxylic acids is 1. The molecule has 0 saturated heterocycles. The molecule has 8 nitrogen and oxygen atoms in total. The van der Waals surface area contributed by atoms with Crippen LogP contribution in [-0.4, -0.2) is 40.8 Å². The molecule has 2 aromatic rings. The van der Waals surface area contributed by atoms with E-state index >= 15 is 0 Å². The topological polar surface area (TPSA) is 104 Å². The van der Waals surface area contributed by atoms with Gasteiger partial charge in [-0.25, -0.2) is 0 Å². The number of rotatable bonds is 6. The number of nitrogens with zero attached hydrogens (tertiary/aromatic N) is 3. The van der Waals surface area contributed by atoms with Crippen molar-refractivity contribution in [2.75, 3.05) is 19.9 Å². The summed E-state index contributed by atoms with van der Waals surface area (Å²) in [5.41, 5.74) is 6.78. The second-order valence-corrected chi connectivity index (χ2v) is 4.85. The minimum atomic E-state index is -0.246. The van der Waals surface area contributed by atoms with Crippen LogP contribution < -0.4 is 20.5 Å². The van der Waals surface area contributed by atoms with E-state index in [1.807, 2.05) is 18.2 Å². The lowest BCUT2D eigenvalue weighted by atomic mass is 10.1. The number of carbonyl (C=O) groups is 1. The largest absolute Gasteiger partial charge is 0.454 e. The summed E-state index contributed by atoms with van der Waals surface area (Å²) in [6, 6.07) is 5.75. The van der Waals surface area contributed by atoms with Crippen LogP contribution in [0.25, 0.3) is 0 Å². The van der Waals surface area contributed by atoms with E-state index in [1.165, 1.54) is 0 Å². The molecule has 0 spiro atoms. The third-order valence-corrected chi connectivity index (χ3v) is 3.27. The smallest absolute Gasteiger partial charge is 0.273 e. The first-order valence-corrected chi connectivity index (χ1v) is 7.03. The first-order valence-electron chi connectivity index (χ1n) is 7.03. The molecule has 1 aliphatic rings. The Labute approximate surface area is 127 Å². The SMILES string of the molecule is NCCn1cc(C(=O)NCCc2ccc3c(c2)OCO3)nn1. The van der Waals surface area contributed by atoms with Crippen LogP contribution in [-0.2, 0) is 13.0 Å². The van der Waals surface area contributed by atoms with E-state index in [-0.39, 0.29) is 12.7 Å². The first-order chi connectivity index (χ1) is 10.8. The van der Waals surface area contributed by atoms with Crippen molar-refractivity contribution in [1.29, 1.82) is 0 Å². The van der Waals surface area contributed by atoms with Crippen molar-refractivity contribution in [2.45, 2.75) is 13.0 Å². The van der Waals surface area contributed by atoms with E-state index in [2.05, 4.69) is 15.6 Å². The summed E-state index contributed by atoms with van der Waals surface area (Å²) in [7, 11) is 0. The molecule has 1 amide bonds. The molecular formula is C14H17N5O3. The molecule has 1 aromatic heterocycles. The monoisotopic (exact) mass is 303 g/mol. The van der Waals surface area contributed by atoms with Gasteiger partial charge in [0.25, 0.3) is 5.91 Å². The number of aromatic nitrogens is 3. The summed E-state index contributed by atoms with van der Waals surface area (Å²) < 4.78 is 12.1. The molecule has 3 rings (SSSR count). The molecule has 0 unspecified atom stereocenters. The highest BCUT2D eigenvalue weighted by atomic mass is 16.7. The molecular weight excluding hydrogens is 286 g/mol. The summed E-state index contributed by atoms with van der Waals surface area (Å²) in [5, 5.41) is 10.5. The van der Waals surface area contributed by atoms with E-state index in [0.29, 0.717) is 31.7 Å². The summed E-state index contributed by atoms with van der Waals surface area (Å²) in [4.78, 5) is 11.9. The summed E-state index contributed by atoms with van der Waals surface area (Å²) >= 11 is 0. The van der Waals surface area contributed by atoms with Gasteiger partial charge in [-0.3, -0.25) is 9.48 Å². The quantitative estimate of drug-likeness (QED) is 0.774. The molecule has 0 saturated carbocycles. The summed E-state index contributed by atoms with van der Waals surface area (Å²) in [5.74, 6) is 1.25. The van der Waals surface area contributed by atoms with Crippen LogP contribution in [0.2, 0.25) is 0 Å². The van der Waals surface area contributed by atoms with E-state index < -0.39 is 0 Å². The van der Waals surface area contributed by atoms with Crippen molar-refractivity contribution in [3.63, 3.8) is 0 Å². The number of nitrogens with two attached hydrogens (primary N) is 1. The highest BCUT2D eigenvalue weighted by Crippen LogP contribution is 2.32. The van der Waals surface area contributed by atoms with Gasteiger partial charge in [0.1, 0.15) is 0 Å². The maximum Gasteiger partial charge on any atom is 0.273 e. The fraction of sp³-hybridized carbons (Fsp3) is 0.357. The Morgan fingerprint density at radius 3 is 3.09 bits per heavy atom. The predicted molar refractivity (Wildman–Crippen MR) is 77.7 cm³/mol. The Balaban J connectivity index is 1.50. The van der Waals surface area contributed by atoms with Crippen LogP contribution in [0.3, 0.4) is 0 Å². The van der Waals surface area contributed by atoms with Gasteiger partial charge in [0.05, 0.1) is 12.7 Å². The first kappa shape index (κ1) is 14.3. The lowest BCUT2D eigenvalue weighted by Crippen LogP contribution is -2.26. The molecule has 22 heavy (non-hydrogen) atoms. The van der Waals surface area contributed by atoms with Gasteiger partial charge >= 0.3 is 0 Å². The highest BCUT2D eigenvalue weighted by Gasteiger charge is 2.14. The second kappa shape index (κ2) is 6.44. The number of nitrogens with one attached hydrogen (secondary N) is 1. The van der Waals surface area contributed by atoms with Crippen LogP contribution in [0.1, 0.15) is 16.1 Å². The fourth-order valence-corrected chi connectivity index (χ4v) is 2.15. The van der Waals surface area contributed by atoms with Gasteiger partial charge in [-0.05, 0) is 24.1 Å². The van der Waals surface area contributed by atoms with E-state index in [4.69, 9.17) is 15.2 Å². The number of hydrogen-bond acceptors (Lipinski definition) is 6. The molecule has 0 aliphatic carbocycles. The number of fused-ring (bicyclic) bond motifs is 1. The second-order valence-electron chi connectivity index (χ2n) is 4.85. The van der Waals surface area contributed by atoms with Gasteiger partial charge in [-0.15, -0.1) is 5.10 Å². The average molecular weight is 303 g/mol. The van der Waals surface area contributed by atoms with Gasteiger partial charge in [-0.1, -0.05) is 11.3 Å². The van der Waals surface area contributed by atoms with Gasteiger partial charge < -0.3 is 20.5 Å². The van der Waals surface area contributed by atoms with Crippen LogP contribution in [0.5, 0.6) is 11.5 Å². The Morgan fingerprint density at radius 1 is 1.36 bits per heavy atom. The minimum absolute atomic E-state index is 0.246. The minimum Gasteiger partial charge on any atom is -0.454 e. The molecule has 0 fully saturated rings. The molecule has 0 bridgehead atoms. The lowest BCUT2D eigenvalue weighted by Gasteiger charge is -2.04. The van der Waals surface area contributed by atoms with Gasteiger partial charge in [0.15, 0.2) is 17.2 Å². The van der Waals surface area contributed by atoms with Gasteiger partial charge in [-0.2, -0.15) is 0 Å². The van der Waals surface area contributed by atoms with Crippen molar-refractivity contribution in [1.82, 2.24) is 20.3 Å². The zero-order chi connectivity index (χ0) is 15.4. The van der Waals surface area contributed by atoms with Crippen molar-refractivity contribution in [3.8, 4) is 11.5 Å². The number of amides is 1. The number of benzene rings is 1. The van der Waals surface area contributed by atoms with E-state index in [0.717, 1.165) is 17.1 Å². The zero-order valence-electron chi connectivity index (χ0n) is 12.0. The average Bonchev–Trinajstić information content (AvgIpc) is 3.16. The maximum absolute atomic E-state index is 11.9. The molecule has 116 valence electrons. The molecule has 1 aliphatic heterocycles. The molecule has 8 heteroatoms. The summed E-state index contributed by atoms with van der Waals surface area (Å²) in [6.07, 6.45) is 2.28. The Hall–Kier alpha value is -2.61. The van der Waals surface area contributed by atoms with E-state index in [9.17, 15) is 4.79 Å². The van der Waals surface area contributed by atoms with Crippen molar-refractivity contribution in [3.05, 3.63) is 35.7 Å². The predicted octanol–water partition coefficient (Wildman–Crippen LogP) is -0.0620. The summed E-state index contributed by atoms with van der Waals surface area (Å²) in [6.45, 7) is 1.75. The van der Waals surface area contributed by atoms with Crippen LogP contribution >= 0.6 is 0 Å². The Kier molecular flexibility index (Phi) is 4.19. The molecule has 3 N–H and O–H groups in total. The van der Waals surface area contributed by atoms with Crippen LogP contribution in [0, 0.1) is 0 Å². The maximum atomic E-state index is 11.9. The molecule has 0 atom stereocenters. The molecule has 1 aromatic carbocycles. The zero-order valence-corrected chi connectivity index (χ0v) is 12.0. The Bertz CT molecular complexity index is 670. The van der Waals surface area contributed by atoms with Crippen LogP contribution in [0.15, 0.2) is 24.4 Å². The standard InChI is InChI=1S/C14H17N5O3/c15-4-6-19-8-11(17-18-19)14(20)16-5-3-10-1-2-12-13(7-10)22-9-21-12/h1-2,7-8H,3-6,9,15H2,(H,16,20). The van der Waals surface area contributed by atoms with Crippen molar-refractivity contribution >= 4 is 5.91 Å². The van der Waals surface area contributed by atoms with Gasteiger partial charge in [0, 0.05) is 13.1 Å². The molecule has 2 heterocycles. The van der Waals surface area contributed by atoms with Gasteiger partial charge in [0.2, 0.25) is 6.79 Å². The number of hydrogen-bond donors (Lipinski definition) is 2. The highest BCUT2D eigenvalue weighted by molar-refractivity contribution is 5.91. The van der Waals surface area contributed by atoms with Crippen molar-refractivity contribution in [2.24, 2.45) is 5.73 Å². The van der Waals surface area contributed by atoms with Crippen molar-refractivity contribution < 1.29 is 14.3 Å². The number of ether oxygens (including phenoxy) is 2. The van der Waals surface area contributed by atoms with Crippen LogP contribution in [0.4, 0.5) is 0 Å². The normalized spacial score (nSPS) is 12.4. The third-order valence-electron chi connectivity index (χ3n) is 3.27. The third kappa shape index (κ3) is 3.17. The Morgan fingerprint density at radius 2 is 2.23 bits per heavy atom. The molecule has 0 radical (unpaired) electrons. The van der Waals surface area contributed by atoms with E-state index in [1.54, 1.807) is 10.9 Å².